The maximum absolute atomic E-state index is 13.1. The Balaban J connectivity index is 0.000000170. The number of fused-ring (bicyclic) bond motifs is 2. The molecule has 1 unspecified atom stereocenters. The first-order valence-electron chi connectivity index (χ1n) is 23.5. The fraction of sp³-hybridized carbons (Fsp3) is 0.296. The van der Waals surface area contributed by atoms with Crippen LogP contribution in [-0.2, 0) is 26.8 Å². The molecule has 68 heavy (non-hydrogen) atoms. The first-order chi connectivity index (χ1) is 33.4. The van der Waals surface area contributed by atoms with Crippen LogP contribution in [0.15, 0.2) is 132 Å². The highest BCUT2D eigenvalue weighted by molar-refractivity contribution is 7.17. The number of nitrogens with one attached hydrogen (secondary N) is 4. The highest BCUT2D eigenvalue weighted by Gasteiger charge is 2.19. The molecule has 352 valence electrons. The van der Waals surface area contributed by atoms with E-state index in [1.165, 1.54) is 0 Å². The largest absolute Gasteiger partial charge is 0.490 e. The third-order valence-corrected chi connectivity index (χ3v) is 14.1. The number of aryl methyl sites for hydroxylation is 2. The summed E-state index contributed by atoms with van der Waals surface area (Å²) >= 11 is 3.28. The van der Waals surface area contributed by atoms with Crippen LogP contribution in [0.25, 0.3) is 20.4 Å². The number of aromatic nitrogens is 2. The average molecular weight is 951 g/mol. The van der Waals surface area contributed by atoms with E-state index in [1.807, 2.05) is 137 Å². The van der Waals surface area contributed by atoms with Gasteiger partial charge in [-0.05, 0) is 161 Å². The van der Waals surface area contributed by atoms with Gasteiger partial charge >= 0.3 is 0 Å². The van der Waals surface area contributed by atoms with Gasteiger partial charge in [0, 0.05) is 36.1 Å². The van der Waals surface area contributed by atoms with Gasteiger partial charge in [-0.25, -0.2) is 0 Å². The van der Waals surface area contributed by atoms with Crippen molar-refractivity contribution in [3.05, 3.63) is 155 Å². The number of ether oxygens (including phenoxy) is 4. The Hall–Kier alpha value is -6.58. The first-order valence-corrected chi connectivity index (χ1v) is 25.2. The summed E-state index contributed by atoms with van der Waals surface area (Å²) in [6.45, 7) is 7.59. The molecule has 8 aromatic rings. The van der Waals surface area contributed by atoms with E-state index in [0.29, 0.717) is 24.6 Å². The average Bonchev–Trinajstić information content (AvgIpc) is 4.13. The molecule has 0 spiro atoms. The number of hydrogen-bond acceptors (Lipinski definition) is 10. The van der Waals surface area contributed by atoms with Crippen molar-refractivity contribution in [2.75, 3.05) is 36.8 Å². The van der Waals surface area contributed by atoms with Crippen LogP contribution in [-0.4, -0.2) is 59.3 Å². The molecule has 4 N–H and O–H groups in total. The highest BCUT2D eigenvalue weighted by atomic mass is 32.1. The molecule has 0 radical (unpaired) electrons. The molecule has 2 saturated heterocycles. The molecule has 6 heterocycles. The standard InChI is InChI=1S/2C27H29N3O3S/c1-30-24-13-16-34-26(24)17-25(30)27(31)29-23-7-3-2-5-19(23)18-32-20-8-10-22(11-9-20)33-21-6-4-14-28-15-12-21;1-2-30-24-13-16-34-26(24)17-25(30)27(31)29-23-6-4-3-5-19(23)18-32-20-7-9-21(10-8-20)33-22-11-14-28-15-12-22/h2-3,5,7-11,13,16-17,21,28H,4,6,12,14-15,18H2,1H3,(H,29,31);3-10,13,16-17,22,28H,2,11-12,14-15,18H2,1H3,(H,29,31). The second kappa shape index (κ2) is 22.5. The third-order valence-electron chi connectivity index (χ3n) is 12.3. The van der Waals surface area contributed by atoms with Crippen molar-refractivity contribution in [2.24, 2.45) is 7.05 Å². The van der Waals surface area contributed by atoms with E-state index < -0.39 is 0 Å². The number of rotatable bonds is 15. The van der Waals surface area contributed by atoms with Gasteiger partial charge in [-0.2, -0.15) is 0 Å². The lowest BCUT2D eigenvalue weighted by Gasteiger charge is -2.23. The lowest BCUT2D eigenvalue weighted by molar-refractivity contribution is 0.101. The van der Waals surface area contributed by atoms with E-state index in [1.54, 1.807) is 22.7 Å². The summed E-state index contributed by atoms with van der Waals surface area (Å²) in [5.41, 5.74) is 6.81. The Morgan fingerprint density at radius 1 is 0.588 bits per heavy atom. The van der Waals surface area contributed by atoms with Gasteiger partial charge < -0.3 is 49.3 Å². The van der Waals surface area contributed by atoms with E-state index >= 15 is 0 Å². The Labute approximate surface area is 405 Å². The molecule has 2 amide bonds. The van der Waals surface area contributed by atoms with Crippen LogP contribution < -0.4 is 40.2 Å². The Kier molecular flexibility index (Phi) is 15.4. The maximum Gasteiger partial charge on any atom is 0.272 e. The van der Waals surface area contributed by atoms with Gasteiger partial charge in [-0.3, -0.25) is 9.59 Å². The van der Waals surface area contributed by atoms with E-state index in [4.69, 9.17) is 18.9 Å². The summed E-state index contributed by atoms with van der Waals surface area (Å²) in [7, 11) is 1.92. The van der Waals surface area contributed by atoms with Gasteiger partial charge in [0.15, 0.2) is 0 Å². The summed E-state index contributed by atoms with van der Waals surface area (Å²) in [6, 6.07) is 39.0. The molecule has 14 heteroatoms. The van der Waals surface area contributed by atoms with Crippen molar-refractivity contribution >= 4 is 66.3 Å². The lowest BCUT2D eigenvalue weighted by Crippen LogP contribution is -2.34. The highest BCUT2D eigenvalue weighted by Crippen LogP contribution is 2.29. The topological polar surface area (TPSA) is 129 Å². The zero-order valence-corrected chi connectivity index (χ0v) is 40.1. The molecular formula is C54H58N6O6S2. The van der Waals surface area contributed by atoms with Crippen LogP contribution in [0.1, 0.15) is 71.1 Å². The molecule has 1 atom stereocenters. The maximum atomic E-state index is 13.1. The van der Waals surface area contributed by atoms with Crippen LogP contribution in [0.5, 0.6) is 23.0 Å². The van der Waals surface area contributed by atoms with Crippen molar-refractivity contribution in [1.82, 2.24) is 19.8 Å². The van der Waals surface area contributed by atoms with Crippen molar-refractivity contribution in [2.45, 2.75) is 71.0 Å². The summed E-state index contributed by atoms with van der Waals surface area (Å²) in [5, 5.41) is 17.0. The van der Waals surface area contributed by atoms with E-state index in [0.717, 1.165) is 131 Å². The Morgan fingerprint density at radius 2 is 1.06 bits per heavy atom. The number of para-hydroxylation sites is 2. The van der Waals surface area contributed by atoms with Gasteiger partial charge in [0.05, 0.1) is 26.5 Å². The number of benzene rings is 4. The summed E-state index contributed by atoms with van der Waals surface area (Å²) in [4.78, 5) is 26.1. The molecule has 0 saturated carbocycles. The Bertz CT molecular complexity index is 2910. The zero-order chi connectivity index (χ0) is 46.7. The van der Waals surface area contributed by atoms with Gasteiger partial charge in [0.2, 0.25) is 0 Å². The van der Waals surface area contributed by atoms with Crippen molar-refractivity contribution in [1.29, 1.82) is 0 Å². The summed E-state index contributed by atoms with van der Waals surface area (Å²) < 4.78 is 30.5. The monoisotopic (exact) mass is 950 g/mol. The normalized spacial score (nSPS) is 15.2. The molecule has 0 aliphatic carbocycles. The number of carbonyl (C=O) groups excluding carboxylic acids is 2. The fourth-order valence-corrected chi connectivity index (χ4v) is 10.3. The quantitative estimate of drug-likeness (QED) is 0.0800. The lowest BCUT2D eigenvalue weighted by atomic mass is 10.1. The number of piperidine rings is 1. The fourth-order valence-electron chi connectivity index (χ4n) is 8.64. The number of amides is 2. The molecule has 4 aromatic heterocycles. The minimum Gasteiger partial charge on any atom is -0.490 e. The van der Waals surface area contributed by atoms with Crippen LogP contribution in [0.3, 0.4) is 0 Å². The molecule has 4 aromatic carbocycles. The van der Waals surface area contributed by atoms with Crippen LogP contribution in [0.4, 0.5) is 11.4 Å². The van der Waals surface area contributed by atoms with Crippen molar-refractivity contribution < 1.29 is 28.5 Å². The number of thiophene rings is 2. The molecule has 2 aliphatic rings. The van der Waals surface area contributed by atoms with Crippen LogP contribution in [0, 0.1) is 0 Å². The molecule has 10 rings (SSSR count). The second-order valence-corrected chi connectivity index (χ2v) is 18.8. The third kappa shape index (κ3) is 11.6. The van der Waals surface area contributed by atoms with Crippen molar-refractivity contribution in [3.63, 3.8) is 0 Å². The van der Waals surface area contributed by atoms with Crippen molar-refractivity contribution in [3.8, 4) is 23.0 Å². The minimum absolute atomic E-state index is 0.114. The minimum atomic E-state index is -0.131. The van der Waals surface area contributed by atoms with Gasteiger partial charge in [0.1, 0.15) is 53.7 Å². The summed E-state index contributed by atoms with van der Waals surface area (Å²) in [5.74, 6) is 3.02. The Morgan fingerprint density at radius 3 is 1.62 bits per heavy atom. The predicted octanol–water partition coefficient (Wildman–Crippen LogP) is 11.3. The second-order valence-electron chi connectivity index (χ2n) is 16.9. The van der Waals surface area contributed by atoms with E-state index in [-0.39, 0.29) is 24.0 Å². The summed E-state index contributed by atoms with van der Waals surface area (Å²) in [6.07, 6.45) is 5.84. The van der Waals surface area contributed by atoms with Gasteiger partial charge in [-0.1, -0.05) is 36.4 Å². The molecule has 2 aliphatic heterocycles. The first kappa shape index (κ1) is 46.5. The van der Waals surface area contributed by atoms with Gasteiger partial charge in [0.25, 0.3) is 11.8 Å². The van der Waals surface area contributed by atoms with E-state index in [2.05, 4.69) is 39.6 Å². The smallest absolute Gasteiger partial charge is 0.272 e. The van der Waals surface area contributed by atoms with Gasteiger partial charge in [-0.15, -0.1) is 22.7 Å². The molecule has 12 nitrogen and oxygen atoms in total. The number of carbonyl (C=O) groups is 2. The predicted molar refractivity (Wildman–Crippen MR) is 274 cm³/mol. The number of nitrogens with zero attached hydrogens (tertiary/aromatic N) is 2. The SMILES string of the molecule is CCn1c(C(=O)Nc2ccccc2COc2ccc(OC3CCNCC3)cc2)cc2sccc21.Cn1c(C(=O)Nc2ccccc2COc2ccc(OC3CCCNCC3)cc2)cc2sccc21. The number of anilines is 2. The molecule has 2 fully saturated rings. The molecule has 0 bridgehead atoms. The van der Waals surface area contributed by atoms with Crippen LogP contribution in [0.2, 0.25) is 0 Å². The molecular weight excluding hydrogens is 893 g/mol. The van der Waals surface area contributed by atoms with E-state index in [9.17, 15) is 9.59 Å². The van der Waals surface area contributed by atoms with Crippen LogP contribution >= 0.6 is 22.7 Å². The zero-order valence-electron chi connectivity index (χ0n) is 38.5. The number of hydrogen-bond donors (Lipinski definition) is 4.